The second-order valence-corrected chi connectivity index (χ2v) is 7.09. The van der Waals surface area contributed by atoms with Gasteiger partial charge in [0, 0.05) is 18.2 Å². The number of carbonyl (C=O) groups excluding carboxylic acids is 1. The lowest BCUT2D eigenvalue weighted by Crippen LogP contribution is -2.29. The van der Waals surface area contributed by atoms with Crippen LogP contribution in [-0.4, -0.2) is 28.3 Å². The molecule has 0 spiro atoms. The van der Waals surface area contributed by atoms with Crippen molar-refractivity contribution in [3.8, 4) is 0 Å². The molecule has 1 aliphatic heterocycles. The monoisotopic (exact) mass is 363 g/mol. The zero-order valence-corrected chi connectivity index (χ0v) is 14.3. The number of halogens is 2. The summed E-state index contributed by atoms with van der Waals surface area (Å²) in [5.41, 5.74) is 15.0. The first-order chi connectivity index (χ1) is 12.0. The standard InChI is InChI=1S/C17H19ClFN5O/c18-13-6-8(19)5-11-10(3-4-22-15(11)13)17(25)24-16(21)12-7-9(20)1-2-14(12)23-24/h5-6,9-10,22H,1-4,7,20-21H2. The van der Waals surface area contributed by atoms with Gasteiger partial charge in [-0.2, -0.15) is 9.78 Å². The molecule has 2 heterocycles. The van der Waals surface area contributed by atoms with Crippen molar-refractivity contribution >= 4 is 29.0 Å². The van der Waals surface area contributed by atoms with Crippen LogP contribution in [0.1, 0.15) is 40.4 Å². The number of hydrogen-bond acceptors (Lipinski definition) is 5. The van der Waals surface area contributed by atoms with E-state index in [0.717, 1.165) is 17.7 Å². The van der Waals surface area contributed by atoms with Gasteiger partial charge in [0.15, 0.2) is 0 Å². The molecule has 1 aliphatic carbocycles. The lowest BCUT2D eigenvalue weighted by Gasteiger charge is -2.26. The lowest BCUT2D eigenvalue weighted by atomic mass is 9.90. The highest BCUT2D eigenvalue weighted by atomic mass is 35.5. The number of fused-ring (bicyclic) bond motifs is 2. The predicted molar refractivity (Wildman–Crippen MR) is 94.5 cm³/mol. The number of nitrogens with one attached hydrogen (secondary N) is 1. The number of nitrogens with two attached hydrogens (primary N) is 2. The molecule has 25 heavy (non-hydrogen) atoms. The molecule has 2 atom stereocenters. The van der Waals surface area contributed by atoms with E-state index in [9.17, 15) is 9.18 Å². The highest BCUT2D eigenvalue weighted by Crippen LogP contribution is 2.39. The summed E-state index contributed by atoms with van der Waals surface area (Å²) in [5.74, 6) is -0.923. The quantitative estimate of drug-likeness (QED) is 0.722. The Hall–Kier alpha value is -2.12. The molecule has 0 fully saturated rings. The van der Waals surface area contributed by atoms with Crippen molar-refractivity contribution in [3.63, 3.8) is 0 Å². The third-order valence-corrected chi connectivity index (χ3v) is 5.33. The van der Waals surface area contributed by atoms with Crippen molar-refractivity contribution in [2.75, 3.05) is 17.6 Å². The Labute approximate surface area is 149 Å². The second-order valence-electron chi connectivity index (χ2n) is 6.68. The zero-order valence-electron chi connectivity index (χ0n) is 13.6. The minimum Gasteiger partial charge on any atom is -0.384 e. The Morgan fingerprint density at radius 2 is 2.20 bits per heavy atom. The molecule has 5 N–H and O–H groups in total. The summed E-state index contributed by atoms with van der Waals surface area (Å²) >= 11 is 6.12. The molecule has 2 aromatic rings. The molecule has 4 rings (SSSR count). The van der Waals surface area contributed by atoms with Crippen LogP contribution in [-0.2, 0) is 12.8 Å². The van der Waals surface area contributed by atoms with Gasteiger partial charge in [-0.3, -0.25) is 4.79 Å². The number of aryl methyl sites for hydroxylation is 1. The van der Waals surface area contributed by atoms with E-state index >= 15 is 0 Å². The van der Waals surface area contributed by atoms with Gasteiger partial charge in [0.2, 0.25) is 0 Å². The van der Waals surface area contributed by atoms with Gasteiger partial charge in [-0.25, -0.2) is 4.39 Å². The summed E-state index contributed by atoms with van der Waals surface area (Å²) in [6.07, 6.45) is 2.69. The topological polar surface area (TPSA) is 99.0 Å². The first kappa shape index (κ1) is 16.4. The van der Waals surface area contributed by atoms with Crippen LogP contribution >= 0.6 is 11.6 Å². The molecule has 2 unspecified atom stereocenters. The number of nitrogens with zero attached hydrogens (tertiary/aromatic N) is 2. The largest absolute Gasteiger partial charge is 0.384 e. The Morgan fingerprint density at radius 1 is 1.40 bits per heavy atom. The van der Waals surface area contributed by atoms with Crippen LogP contribution in [0, 0.1) is 5.82 Å². The molecule has 0 bridgehead atoms. The fourth-order valence-electron chi connectivity index (χ4n) is 3.74. The van der Waals surface area contributed by atoms with E-state index in [1.165, 1.54) is 16.8 Å². The molecular formula is C17H19ClFN5O. The van der Waals surface area contributed by atoms with Gasteiger partial charge in [0.25, 0.3) is 5.91 Å². The van der Waals surface area contributed by atoms with Crippen molar-refractivity contribution < 1.29 is 9.18 Å². The van der Waals surface area contributed by atoms with Crippen molar-refractivity contribution in [3.05, 3.63) is 39.8 Å². The number of carbonyl (C=O) groups is 1. The highest BCUT2D eigenvalue weighted by molar-refractivity contribution is 6.33. The summed E-state index contributed by atoms with van der Waals surface area (Å²) in [4.78, 5) is 13.1. The van der Waals surface area contributed by atoms with E-state index in [1.807, 2.05) is 0 Å². The predicted octanol–water partition coefficient (Wildman–Crippen LogP) is 2.31. The minimum absolute atomic E-state index is 0.0371. The third-order valence-electron chi connectivity index (χ3n) is 5.03. The summed E-state index contributed by atoms with van der Waals surface area (Å²) in [5, 5.41) is 7.82. The molecule has 0 radical (unpaired) electrons. The number of benzene rings is 1. The SMILES string of the molecule is Nc1c2c(nn1C(=O)C1CCNc3c(Cl)cc(F)cc31)CCC(N)C2. The van der Waals surface area contributed by atoms with Crippen molar-refractivity contribution in [2.45, 2.75) is 37.6 Å². The number of hydrogen-bond donors (Lipinski definition) is 3. The maximum atomic E-state index is 13.8. The van der Waals surface area contributed by atoms with E-state index in [4.69, 9.17) is 23.1 Å². The van der Waals surface area contributed by atoms with Crippen LogP contribution in [0.25, 0.3) is 0 Å². The van der Waals surface area contributed by atoms with Gasteiger partial charge in [0.1, 0.15) is 11.6 Å². The maximum absolute atomic E-state index is 13.8. The Bertz CT molecular complexity index is 865. The molecular weight excluding hydrogens is 345 g/mol. The summed E-state index contributed by atoms with van der Waals surface area (Å²) in [6, 6.07) is 2.63. The molecule has 6 nitrogen and oxygen atoms in total. The number of anilines is 2. The van der Waals surface area contributed by atoms with Crippen LogP contribution in [0.2, 0.25) is 5.02 Å². The molecule has 0 saturated heterocycles. The first-order valence-corrected chi connectivity index (χ1v) is 8.72. The Morgan fingerprint density at radius 3 is 3.00 bits per heavy atom. The molecule has 2 aliphatic rings. The lowest BCUT2D eigenvalue weighted by molar-refractivity contribution is 0.0859. The molecule has 0 amide bonds. The molecule has 1 aromatic heterocycles. The van der Waals surface area contributed by atoms with E-state index in [2.05, 4.69) is 10.4 Å². The highest BCUT2D eigenvalue weighted by Gasteiger charge is 2.33. The van der Waals surface area contributed by atoms with Gasteiger partial charge in [-0.1, -0.05) is 11.6 Å². The van der Waals surface area contributed by atoms with Gasteiger partial charge in [-0.05, 0) is 43.4 Å². The summed E-state index contributed by atoms with van der Waals surface area (Å²) < 4.78 is 15.1. The van der Waals surface area contributed by atoms with E-state index in [1.54, 1.807) is 0 Å². The average Bonchev–Trinajstić information content (AvgIpc) is 2.90. The third kappa shape index (κ3) is 2.67. The van der Waals surface area contributed by atoms with Crippen molar-refractivity contribution in [1.29, 1.82) is 0 Å². The number of nitrogen functional groups attached to an aromatic ring is 1. The van der Waals surface area contributed by atoms with Gasteiger partial charge in [0.05, 0.1) is 22.3 Å². The van der Waals surface area contributed by atoms with E-state index in [-0.39, 0.29) is 17.0 Å². The molecule has 8 heteroatoms. The van der Waals surface area contributed by atoms with Crippen LogP contribution in [0.3, 0.4) is 0 Å². The maximum Gasteiger partial charge on any atom is 0.256 e. The smallest absolute Gasteiger partial charge is 0.256 e. The van der Waals surface area contributed by atoms with Crippen LogP contribution in [0.5, 0.6) is 0 Å². The van der Waals surface area contributed by atoms with Gasteiger partial charge >= 0.3 is 0 Å². The Kier molecular flexibility index (Phi) is 3.92. The zero-order chi connectivity index (χ0) is 17.7. The van der Waals surface area contributed by atoms with E-state index < -0.39 is 11.7 Å². The number of aromatic nitrogens is 2. The molecule has 132 valence electrons. The summed E-state index contributed by atoms with van der Waals surface area (Å²) in [7, 11) is 0. The fraction of sp³-hybridized carbons (Fsp3) is 0.412. The van der Waals surface area contributed by atoms with Crippen LogP contribution < -0.4 is 16.8 Å². The van der Waals surface area contributed by atoms with E-state index in [0.29, 0.717) is 42.9 Å². The van der Waals surface area contributed by atoms with Crippen LogP contribution in [0.15, 0.2) is 12.1 Å². The second kappa shape index (κ2) is 6.00. The van der Waals surface area contributed by atoms with Crippen LogP contribution in [0.4, 0.5) is 15.9 Å². The minimum atomic E-state index is -0.540. The fourth-order valence-corrected chi connectivity index (χ4v) is 4.02. The first-order valence-electron chi connectivity index (χ1n) is 8.34. The molecule has 1 aromatic carbocycles. The summed E-state index contributed by atoms with van der Waals surface area (Å²) in [6.45, 7) is 0.570. The van der Waals surface area contributed by atoms with Gasteiger partial charge in [-0.15, -0.1) is 0 Å². The molecule has 0 saturated carbocycles. The number of rotatable bonds is 1. The van der Waals surface area contributed by atoms with Crippen molar-refractivity contribution in [1.82, 2.24) is 9.78 Å². The normalized spacial score (nSPS) is 22.0. The van der Waals surface area contributed by atoms with Gasteiger partial charge < -0.3 is 16.8 Å². The van der Waals surface area contributed by atoms with Crippen molar-refractivity contribution in [2.24, 2.45) is 5.73 Å². The Balaban J connectivity index is 1.74. The average molecular weight is 364 g/mol.